The lowest BCUT2D eigenvalue weighted by molar-refractivity contribution is -0.145. The van der Waals surface area contributed by atoms with Crippen LogP contribution in [0.3, 0.4) is 0 Å². The van der Waals surface area contributed by atoms with Crippen molar-refractivity contribution in [1.29, 1.82) is 0 Å². The molecule has 12 heteroatoms. The van der Waals surface area contributed by atoms with Crippen molar-refractivity contribution in [3.63, 3.8) is 0 Å². The third-order valence-corrected chi connectivity index (χ3v) is 6.94. The van der Waals surface area contributed by atoms with Crippen molar-refractivity contribution in [3.8, 4) is 0 Å². The molecule has 1 unspecified atom stereocenters. The number of esters is 2. The van der Waals surface area contributed by atoms with Crippen LogP contribution >= 0.6 is 11.8 Å². The van der Waals surface area contributed by atoms with Gasteiger partial charge in [-0.3, -0.25) is 23.9 Å². The number of hydrogen-bond donors (Lipinski definition) is 2. The number of likely N-dealkylation sites (N-methyl/N-ethyl adjacent to an activating group) is 1. The van der Waals surface area contributed by atoms with Crippen LogP contribution in [0, 0.1) is 5.92 Å². The summed E-state index contributed by atoms with van der Waals surface area (Å²) in [5.41, 5.74) is 6.21. The molecule has 1 heterocycles. The van der Waals surface area contributed by atoms with Crippen molar-refractivity contribution in [2.24, 2.45) is 11.7 Å². The van der Waals surface area contributed by atoms with E-state index in [-0.39, 0.29) is 54.9 Å². The van der Waals surface area contributed by atoms with Crippen molar-refractivity contribution in [2.45, 2.75) is 77.8 Å². The number of ether oxygens (including phenoxy) is 2. The van der Waals surface area contributed by atoms with Crippen LogP contribution in [0.15, 0.2) is 6.20 Å². The summed E-state index contributed by atoms with van der Waals surface area (Å²) in [6, 6.07) is -0.335. The Morgan fingerprint density at radius 2 is 1.68 bits per heavy atom. The maximum absolute atomic E-state index is 12.0. The van der Waals surface area contributed by atoms with Gasteiger partial charge in [0.05, 0.1) is 24.9 Å². The van der Waals surface area contributed by atoms with E-state index in [1.165, 1.54) is 6.92 Å². The molecule has 1 aromatic rings. The van der Waals surface area contributed by atoms with Gasteiger partial charge in [0, 0.05) is 50.2 Å². The molecule has 0 aliphatic carbocycles. The second kappa shape index (κ2) is 19.8. The lowest BCUT2D eigenvalue weighted by Crippen LogP contribution is -2.32. The van der Waals surface area contributed by atoms with Crippen LogP contribution < -0.4 is 11.1 Å². The molecule has 0 fully saturated rings. The summed E-state index contributed by atoms with van der Waals surface area (Å²) < 4.78 is 12.2. The van der Waals surface area contributed by atoms with Crippen LogP contribution in [-0.4, -0.2) is 82.9 Å². The topological polar surface area (TPSA) is 156 Å². The number of nitrogens with two attached hydrogens (primary N) is 1. The van der Waals surface area contributed by atoms with E-state index in [4.69, 9.17) is 15.2 Å². The molecule has 0 amide bonds. The van der Waals surface area contributed by atoms with Gasteiger partial charge in [0.25, 0.3) is 0 Å². The predicted octanol–water partition coefficient (Wildman–Crippen LogP) is 1.71. The number of carbonyl (C=O) groups excluding carboxylic acids is 4. The van der Waals surface area contributed by atoms with Gasteiger partial charge in [-0.15, -0.1) is 5.10 Å². The highest BCUT2D eigenvalue weighted by molar-refractivity contribution is 7.99. The van der Waals surface area contributed by atoms with Gasteiger partial charge < -0.3 is 20.5 Å². The molecule has 0 aromatic carbocycles. The van der Waals surface area contributed by atoms with E-state index in [0.717, 1.165) is 23.6 Å². The maximum Gasteiger partial charge on any atom is 0.305 e. The lowest BCUT2D eigenvalue weighted by Gasteiger charge is -2.12. The summed E-state index contributed by atoms with van der Waals surface area (Å²) >= 11 is 1.74. The Balaban J connectivity index is 2.26. The number of carbonyl (C=O) groups is 4. The zero-order valence-corrected chi connectivity index (χ0v) is 23.2. The quantitative estimate of drug-likeness (QED) is 0.163. The Morgan fingerprint density at radius 1 is 1.00 bits per heavy atom. The summed E-state index contributed by atoms with van der Waals surface area (Å²) in [6.07, 6.45) is 5.63. The number of Topliss-reactive ketones (excluding diaryl/α,β-unsaturated/α-hetero) is 2. The molecule has 0 radical (unpaired) electrons. The van der Waals surface area contributed by atoms with E-state index in [9.17, 15) is 19.2 Å². The van der Waals surface area contributed by atoms with Gasteiger partial charge in [0.15, 0.2) is 0 Å². The van der Waals surface area contributed by atoms with Crippen LogP contribution in [0.25, 0.3) is 0 Å². The molecule has 37 heavy (non-hydrogen) atoms. The predicted molar refractivity (Wildman–Crippen MR) is 142 cm³/mol. The minimum absolute atomic E-state index is 0.00552. The van der Waals surface area contributed by atoms with Crippen LogP contribution in [0.1, 0.15) is 64.5 Å². The first-order chi connectivity index (χ1) is 17.8. The highest BCUT2D eigenvalue weighted by Gasteiger charge is 2.18. The Bertz CT molecular complexity index is 834. The number of aryl methyl sites for hydroxylation is 2. The average molecular weight is 542 g/mol. The fourth-order valence-electron chi connectivity index (χ4n) is 3.63. The number of aromatic nitrogens is 3. The molecule has 210 valence electrons. The monoisotopic (exact) mass is 541 g/mol. The maximum atomic E-state index is 12.0. The molecular formula is C25H43N5O6S. The zero-order chi connectivity index (χ0) is 27.5. The van der Waals surface area contributed by atoms with Gasteiger partial charge >= 0.3 is 11.9 Å². The molecule has 0 saturated carbocycles. The van der Waals surface area contributed by atoms with E-state index in [1.807, 2.05) is 6.20 Å². The Hall–Kier alpha value is -2.31. The summed E-state index contributed by atoms with van der Waals surface area (Å²) in [7, 11) is 1.69. The molecule has 3 N–H and O–H groups in total. The number of ketones is 2. The van der Waals surface area contributed by atoms with E-state index in [0.29, 0.717) is 51.8 Å². The van der Waals surface area contributed by atoms with Crippen LogP contribution in [0.4, 0.5) is 0 Å². The second-order valence-corrected chi connectivity index (χ2v) is 10.1. The van der Waals surface area contributed by atoms with E-state index < -0.39 is 0 Å². The first kappa shape index (κ1) is 32.7. The van der Waals surface area contributed by atoms with E-state index >= 15 is 0 Å². The van der Waals surface area contributed by atoms with Gasteiger partial charge in [-0.2, -0.15) is 11.8 Å². The van der Waals surface area contributed by atoms with Gasteiger partial charge in [0.2, 0.25) is 0 Å². The molecule has 0 spiro atoms. The van der Waals surface area contributed by atoms with Gasteiger partial charge in [-0.05, 0) is 58.8 Å². The minimum Gasteiger partial charge on any atom is -0.466 e. The number of hydrogen-bond acceptors (Lipinski definition) is 11. The second-order valence-electron chi connectivity index (χ2n) is 8.90. The molecule has 2 atom stereocenters. The molecule has 11 nitrogen and oxygen atoms in total. The lowest BCUT2D eigenvalue weighted by atomic mass is 9.93. The SMILES string of the molecule is CN[C@@H](CCC(=O)OCCCn1cc(CCC(CCC(=O)OCCCSCCN)C(C)=O)nn1)C(C)=O. The fourth-order valence-corrected chi connectivity index (χ4v) is 4.32. The molecule has 0 aliphatic rings. The molecule has 1 aromatic heterocycles. The largest absolute Gasteiger partial charge is 0.466 e. The van der Waals surface area contributed by atoms with Gasteiger partial charge in [0.1, 0.15) is 11.6 Å². The Morgan fingerprint density at radius 3 is 2.30 bits per heavy atom. The average Bonchev–Trinajstić information content (AvgIpc) is 3.31. The summed E-state index contributed by atoms with van der Waals surface area (Å²) in [6.45, 7) is 4.87. The molecule has 0 bridgehead atoms. The number of nitrogens with zero attached hydrogens (tertiary/aromatic N) is 3. The van der Waals surface area contributed by atoms with Crippen LogP contribution in [0.2, 0.25) is 0 Å². The normalized spacial score (nSPS) is 12.6. The highest BCUT2D eigenvalue weighted by Crippen LogP contribution is 2.16. The third-order valence-electron chi connectivity index (χ3n) is 5.84. The highest BCUT2D eigenvalue weighted by atomic mass is 32.2. The van der Waals surface area contributed by atoms with Crippen LogP contribution in [0.5, 0.6) is 0 Å². The summed E-state index contributed by atoms with van der Waals surface area (Å²) in [5.74, 6) is 1.01. The summed E-state index contributed by atoms with van der Waals surface area (Å²) in [4.78, 5) is 47.2. The number of thioether (sulfide) groups is 1. The van der Waals surface area contributed by atoms with E-state index in [1.54, 1.807) is 30.4 Å². The zero-order valence-electron chi connectivity index (χ0n) is 22.4. The Kier molecular flexibility index (Phi) is 17.5. The molecule has 1 rings (SSSR count). The fraction of sp³-hybridized carbons (Fsp3) is 0.760. The minimum atomic E-state index is -0.335. The van der Waals surface area contributed by atoms with E-state index in [2.05, 4.69) is 15.6 Å². The molecule has 0 aliphatic heterocycles. The number of nitrogens with one attached hydrogen (secondary N) is 1. The molecular weight excluding hydrogens is 498 g/mol. The smallest absolute Gasteiger partial charge is 0.305 e. The van der Waals surface area contributed by atoms with Crippen molar-refractivity contribution in [2.75, 3.05) is 38.3 Å². The number of rotatable bonds is 22. The van der Waals surface area contributed by atoms with Gasteiger partial charge in [-0.25, -0.2) is 0 Å². The Labute approximate surface area is 224 Å². The summed E-state index contributed by atoms with van der Waals surface area (Å²) in [5, 5.41) is 11.1. The van der Waals surface area contributed by atoms with Crippen molar-refractivity contribution < 1.29 is 28.7 Å². The first-order valence-electron chi connectivity index (χ1n) is 12.9. The third kappa shape index (κ3) is 15.5. The standard InChI is InChI=1S/C25H43N5O6S/c1-19(31)21(7-10-24(33)36-15-5-16-37-17-12-26)6-8-22-18-30(29-28-22)13-4-14-35-25(34)11-9-23(27-3)20(2)32/h18,21,23,27H,4-17,26H2,1-3H3/t21?,23-/m0/s1. The van der Waals surface area contributed by atoms with Crippen LogP contribution in [-0.2, 0) is 41.6 Å². The van der Waals surface area contributed by atoms with Crippen molar-refractivity contribution in [3.05, 3.63) is 11.9 Å². The van der Waals surface area contributed by atoms with Crippen molar-refractivity contribution >= 4 is 35.3 Å². The van der Waals surface area contributed by atoms with Gasteiger partial charge in [-0.1, -0.05) is 5.21 Å². The first-order valence-corrected chi connectivity index (χ1v) is 14.1. The van der Waals surface area contributed by atoms with Crippen molar-refractivity contribution in [1.82, 2.24) is 20.3 Å². The molecule has 0 saturated heterocycles.